The Morgan fingerprint density at radius 2 is 1.92 bits per heavy atom. The van der Waals surface area contributed by atoms with Crippen LogP contribution in [0.15, 0.2) is 0 Å². The summed E-state index contributed by atoms with van der Waals surface area (Å²) in [6.45, 7) is 5.72. The van der Waals surface area contributed by atoms with E-state index >= 15 is 0 Å². The highest BCUT2D eigenvalue weighted by molar-refractivity contribution is 6.07. The molecule has 8 heteroatoms. The summed E-state index contributed by atoms with van der Waals surface area (Å²) in [6, 6.07) is 0.0399. The maximum Gasteiger partial charge on any atom is 0.325 e. The molecule has 2 aliphatic heterocycles. The van der Waals surface area contributed by atoms with Crippen LogP contribution in [-0.2, 0) is 9.59 Å². The second kappa shape index (κ2) is 7.27. The van der Waals surface area contributed by atoms with Gasteiger partial charge in [-0.1, -0.05) is 12.8 Å². The molecule has 2 N–H and O–H groups in total. The van der Waals surface area contributed by atoms with E-state index in [2.05, 4.69) is 17.6 Å². The SMILES string of the molecule is CC1NCCN(C(=O)CCN2C(=O)NC3(CCCC3)C2=O)C1C.Cl. The molecule has 24 heavy (non-hydrogen) atoms. The normalized spacial score (nSPS) is 28.9. The van der Waals surface area contributed by atoms with Gasteiger partial charge in [0.05, 0.1) is 0 Å². The van der Waals surface area contributed by atoms with Crippen LogP contribution in [0.3, 0.4) is 0 Å². The van der Waals surface area contributed by atoms with Gasteiger partial charge in [0.25, 0.3) is 5.91 Å². The van der Waals surface area contributed by atoms with Crippen LogP contribution < -0.4 is 10.6 Å². The van der Waals surface area contributed by atoms with E-state index in [0.717, 1.165) is 19.4 Å². The topological polar surface area (TPSA) is 81.8 Å². The molecule has 3 rings (SSSR count). The largest absolute Gasteiger partial charge is 0.337 e. The number of piperazine rings is 1. The van der Waals surface area contributed by atoms with Gasteiger partial charge in [0.2, 0.25) is 5.91 Å². The maximum absolute atomic E-state index is 12.6. The van der Waals surface area contributed by atoms with Crippen LogP contribution >= 0.6 is 12.4 Å². The van der Waals surface area contributed by atoms with E-state index in [1.54, 1.807) is 0 Å². The summed E-state index contributed by atoms with van der Waals surface area (Å²) in [4.78, 5) is 40.2. The van der Waals surface area contributed by atoms with Crippen molar-refractivity contribution >= 4 is 30.3 Å². The molecule has 0 bridgehead atoms. The van der Waals surface area contributed by atoms with Gasteiger partial charge < -0.3 is 15.5 Å². The molecule has 2 atom stereocenters. The van der Waals surface area contributed by atoms with E-state index in [-0.39, 0.29) is 55.3 Å². The molecule has 3 aliphatic rings. The average Bonchev–Trinajstić information content (AvgIpc) is 3.07. The van der Waals surface area contributed by atoms with Crippen LogP contribution in [0.4, 0.5) is 4.79 Å². The summed E-state index contributed by atoms with van der Waals surface area (Å²) in [7, 11) is 0. The summed E-state index contributed by atoms with van der Waals surface area (Å²) in [5.41, 5.74) is -0.684. The van der Waals surface area contributed by atoms with Gasteiger partial charge in [0.15, 0.2) is 0 Å². The van der Waals surface area contributed by atoms with Crippen molar-refractivity contribution in [1.82, 2.24) is 20.4 Å². The molecule has 0 aromatic heterocycles. The van der Waals surface area contributed by atoms with Crippen LogP contribution in [0.25, 0.3) is 0 Å². The zero-order chi connectivity index (χ0) is 16.6. The molecule has 1 aliphatic carbocycles. The van der Waals surface area contributed by atoms with Crippen LogP contribution in [0.2, 0.25) is 0 Å². The van der Waals surface area contributed by atoms with Crippen LogP contribution in [0.5, 0.6) is 0 Å². The fourth-order valence-electron chi connectivity index (χ4n) is 3.96. The predicted molar refractivity (Wildman–Crippen MR) is 91.9 cm³/mol. The first-order valence-corrected chi connectivity index (χ1v) is 8.61. The van der Waals surface area contributed by atoms with E-state index in [4.69, 9.17) is 0 Å². The summed E-state index contributed by atoms with van der Waals surface area (Å²) in [5.74, 6) is -0.131. The second-order valence-electron chi connectivity index (χ2n) is 7.00. The minimum atomic E-state index is -0.684. The zero-order valence-corrected chi connectivity index (χ0v) is 15.2. The van der Waals surface area contributed by atoms with E-state index < -0.39 is 5.54 Å². The Hall–Kier alpha value is -1.34. The number of halogens is 1. The number of imide groups is 1. The highest BCUT2D eigenvalue weighted by atomic mass is 35.5. The first kappa shape index (κ1) is 19.0. The Morgan fingerprint density at radius 1 is 1.25 bits per heavy atom. The maximum atomic E-state index is 12.6. The van der Waals surface area contributed by atoms with Crippen LogP contribution in [-0.4, -0.2) is 64.9 Å². The monoisotopic (exact) mass is 358 g/mol. The summed E-state index contributed by atoms with van der Waals surface area (Å²) in [6.07, 6.45) is 3.57. The van der Waals surface area contributed by atoms with Gasteiger partial charge in [-0.3, -0.25) is 14.5 Å². The lowest BCUT2D eigenvalue weighted by Crippen LogP contribution is -2.57. The molecular weight excluding hydrogens is 332 g/mol. The Morgan fingerprint density at radius 3 is 2.58 bits per heavy atom. The van der Waals surface area contributed by atoms with Crippen molar-refractivity contribution in [2.75, 3.05) is 19.6 Å². The van der Waals surface area contributed by atoms with Crippen molar-refractivity contribution in [3.8, 4) is 0 Å². The number of amides is 4. The molecule has 2 heterocycles. The van der Waals surface area contributed by atoms with Crippen LogP contribution in [0, 0.1) is 0 Å². The third kappa shape index (κ3) is 3.24. The van der Waals surface area contributed by atoms with E-state index in [1.165, 1.54) is 4.90 Å². The van der Waals surface area contributed by atoms with Gasteiger partial charge >= 0.3 is 6.03 Å². The lowest BCUT2D eigenvalue weighted by molar-refractivity contribution is -0.136. The van der Waals surface area contributed by atoms with E-state index in [0.29, 0.717) is 19.4 Å². The Labute approximate surface area is 148 Å². The highest BCUT2D eigenvalue weighted by Gasteiger charge is 2.52. The molecule has 7 nitrogen and oxygen atoms in total. The molecule has 0 radical (unpaired) electrons. The van der Waals surface area contributed by atoms with Gasteiger partial charge in [0.1, 0.15) is 5.54 Å². The Bertz CT molecular complexity index is 521. The smallest absolute Gasteiger partial charge is 0.325 e. The number of hydrogen-bond acceptors (Lipinski definition) is 4. The molecular formula is C16H27ClN4O3. The summed E-state index contributed by atoms with van der Waals surface area (Å²) in [5, 5.41) is 6.19. The van der Waals surface area contributed by atoms with Gasteiger partial charge in [-0.2, -0.15) is 0 Å². The van der Waals surface area contributed by atoms with Crippen molar-refractivity contribution < 1.29 is 14.4 Å². The Kier molecular flexibility index (Phi) is 5.75. The van der Waals surface area contributed by atoms with Crippen molar-refractivity contribution in [2.45, 2.75) is 63.6 Å². The highest BCUT2D eigenvalue weighted by Crippen LogP contribution is 2.35. The standard InChI is InChI=1S/C16H26N4O3.ClH/c1-11-12(2)19(10-8-17-11)13(21)5-9-20-14(22)16(18-15(20)23)6-3-4-7-16;/h11-12,17H,3-10H2,1-2H3,(H,18,23);1H. The molecule has 0 aromatic carbocycles. The molecule has 1 spiro atoms. The number of urea groups is 1. The fraction of sp³-hybridized carbons (Fsp3) is 0.812. The third-order valence-electron chi connectivity index (χ3n) is 5.61. The van der Waals surface area contributed by atoms with Crippen LogP contribution in [0.1, 0.15) is 46.0 Å². The number of nitrogens with one attached hydrogen (secondary N) is 2. The van der Waals surface area contributed by atoms with Crippen molar-refractivity contribution in [1.29, 1.82) is 0 Å². The number of hydrogen-bond donors (Lipinski definition) is 2. The quantitative estimate of drug-likeness (QED) is 0.733. The summed E-state index contributed by atoms with van der Waals surface area (Å²) >= 11 is 0. The van der Waals surface area contributed by atoms with Crippen molar-refractivity contribution in [2.24, 2.45) is 0 Å². The molecule has 4 amide bonds. The van der Waals surface area contributed by atoms with Gasteiger partial charge in [-0.05, 0) is 26.7 Å². The number of nitrogens with zero attached hydrogens (tertiary/aromatic N) is 2. The van der Waals surface area contributed by atoms with Gasteiger partial charge in [-0.15, -0.1) is 12.4 Å². The van der Waals surface area contributed by atoms with Crippen molar-refractivity contribution in [3.05, 3.63) is 0 Å². The molecule has 1 saturated carbocycles. The van der Waals surface area contributed by atoms with E-state index in [9.17, 15) is 14.4 Å². The average molecular weight is 359 g/mol. The second-order valence-corrected chi connectivity index (χ2v) is 7.00. The lowest BCUT2D eigenvalue weighted by Gasteiger charge is -2.38. The molecule has 2 unspecified atom stereocenters. The van der Waals surface area contributed by atoms with E-state index in [1.807, 2.05) is 11.8 Å². The van der Waals surface area contributed by atoms with Gasteiger partial charge in [0, 0.05) is 38.1 Å². The molecule has 0 aromatic rings. The third-order valence-corrected chi connectivity index (χ3v) is 5.61. The van der Waals surface area contributed by atoms with Gasteiger partial charge in [-0.25, -0.2) is 4.79 Å². The predicted octanol–water partition coefficient (Wildman–Crippen LogP) is 0.872. The van der Waals surface area contributed by atoms with Crippen molar-refractivity contribution in [3.63, 3.8) is 0 Å². The zero-order valence-electron chi connectivity index (χ0n) is 14.3. The number of carbonyl (C=O) groups is 3. The number of rotatable bonds is 3. The molecule has 3 fully saturated rings. The minimum absolute atomic E-state index is 0. The molecule has 2 saturated heterocycles. The fourth-order valence-corrected chi connectivity index (χ4v) is 3.96. The first-order valence-electron chi connectivity index (χ1n) is 8.61. The molecule has 136 valence electrons. The number of carbonyl (C=O) groups excluding carboxylic acids is 3. The minimum Gasteiger partial charge on any atom is -0.337 e. The summed E-state index contributed by atoms with van der Waals surface area (Å²) < 4.78 is 0. The lowest BCUT2D eigenvalue weighted by atomic mass is 9.98. The Balaban J connectivity index is 0.00000208. The first-order chi connectivity index (χ1) is 10.9.